The Morgan fingerprint density at radius 3 is 2.47 bits per heavy atom. The maximum absolute atomic E-state index is 10.0. The zero-order valence-corrected chi connectivity index (χ0v) is 11.6. The quantitative estimate of drug-likeness (QED) is 0.815. The molecule has 0 aromatic rings. The lowest BCUT2D eigenvalue weighted by Crippen LogP contribution is -2.37. The molecule has 100 valence electrons. The summed E-state index contributed by atoms with van der Waals surface area (Å²) in [6.45, 7) is 8.34. The van der Waals surface area contributed by atoms with Gasteiger partial charge < -0.3 is 10.0 Å². The summed E-state index contributed by atoms with van der Waals surface area (Å²) in [5.41, 5.74) is 0.583. The predicted octanol–water partition coefficient (Wildman–Crippen LogP) is 3.05. The van der Waals surface area contributed by atoms with E-state index >= 15 is 0 Å². The van der Waals surface area contributed by atoms with Crippen molar-refractivity contribution in [2.75, 3.05) is 19.6 Å². The van der Waals surface area contributed by atoms with Crippen molar-refractivity contribution in [3.63, 3.8) is 0 Å². The molecule has 0 spiro atoms. The normalized spacial score (nSPS) is 34.1. The molecule has 2 heteroatoms. The largest absolute Gasteiger partial charge is 0.393 e. The fraction of sp³-hybridized carbons (Fsp3) is 1.00. The van der Waals surface area contributed by atoms with Crippen LogP contribution in [0.25, 0.3) is 0 Å². The van der Waals surface area contributed by atoms with Crippen LogP contribution in [0, 0.1) is 11.3 Å². The van der Waals surface area contributed by atoms with Gasteiger partial charge in [0.25, 0.3) is 0 Å². The highest BCUT2D eigenvalue weighted by atomic mass is 16.3. The third kappa shape index (κ3) is 3.03. The molecule has 1 aliphatic heterocycles. The molecule has 0 aromatic carbocycles. The van der Waals surface area contributed by atoms with Gasteiger partial charge in [-0.05, 0) is 50.0 Å². The number of aliphatic hydroxyl groups is 1. The predicted molar refractivity (Wildman–Crippen MR) is 72.0 cm³/mol. The number of nitrogens with zero attached hydrogens (tertiary/aromatic N) is 1. The van der Waals surface area contributed by atoms with Gasteiger partial charge in [0.1, 0.15) is 0 Å². The van der Waals surface area contributed by atoms with Crippen molar-refractivity contribution >= 4 is 0 Å². The first-order valence-electron chi connectivity index (χ1n) is 7.59. The van der Waals surface area contributed by atoms with Crippen LogP contribution in [0.5, 0.6) is 0 Å². The van der Waals surface area contributed by atoms with Crippen molar-refractivity contribution in [1.29, 1.82) is 0 Å². The van der Waals surface area contributed by atoms with Gasteiger partial charge in [-0.1, -0.05) is 26.7 Å². The van der Waals surface area contributed by atoms with Crippen molar-refractivity contribution in [3.8, 4) is 0 Å². The Labute approximate surface area is 106 Å². The molecular weight excluding hydrogens is 210 g/mol. The second kappa shape index (κ2) is 5.71. The van der Waals surface area contributed by atoms with Crippen LogP contribution in [0.15, 0.2) is 0 Å². The lowest BCUT2D eigenvalue weighted by Gasteiger charge is -2.32. The summed E-state index contributed by atoms with van der Waals surface area (Å²) in [6.07, 6.45) is 8.78. The van der Waals surface area contributed by atoms with Crippen molar-refractivity contribution in [2.45, 2.75) is 64.9 Å². The molecule has 0 aromatic heterocycles. The van der Waals surface area contributed by atoms with Crippen LogP contribution >= 0.6 is 0 Å². The Morgan fingerprint density at radius 2 is 1.88 bits per heavy atom. The van der Waals surface area contributed by atoms with E-state index in [1.807, 2.05) is 0 Å². The molecule has 0 bridgehead atoms. The van der Waals surface area contributed by atoms with Crippen LogP contribution in [0.1, 0.15) is 58.8 Å². The Bertz CT molecular complexity index is 237. The summed E-state index contributed by atoms with van der Waals surface area (Å²) in [5.74, 6) is 0.549. The molecule has 2 nitrogen and oxygen atoms in total. The van der Waals surface area contributed by atoms with E-state index in [0.29, 0.717) is 11.3 Å². The number of hydrogen-bond donors (Lipinski definition) is 1. The lowest BCUT2D eigenvalue weighted by atomic mass is 9.82. The van der Waals surface area contributed by atoms with Crippen molar-refractivity contribution in [3.05, 3.63) is 0 Å². The number of likely N-dealkylation sites (tertiary alicyclic amines) is 1. The molecule has 2 rings (SSSR count). The zero-order chi connectivity index (χ0) is 12.3. The summed E-state index contributed by atoms with van der Waals surface area (Å²) in [4.78, 5) is 2.62. The molecule has 2 fully saturated rings. The third-order valence-electron chi connectivity index (χ3n) is 5.38. The van der Waals surface area contributed by atoms with Crippen LogP contribution in [0.2, 0.25) is 0 Å². The summed E-state index contributed by atoms with van der Waals surface area (Å²) in [6, 6.07) is 0. The third-order valence-corrected chi connectivity index (χ3v) is 5.38. The van der Waals surface area contributed by atoms with E-state index in [1.165, 1.54) is 51.6 Å². The average Bonchev–Trinajstić information content (AvgIpc) is 2.76. The van der Waals surface area contributed by atoms with E-state index in [-0.39, 0.29) is 6.10 Å². The van der Waals surface area contributed by atoms with Crippen LogP contribution in [0.4, 0.5) is 0 Å². The van der Waals surface area contributed by atoms with E-state index < -0.39 is 0 Å². The van der Waals surface area contributed by atoms with E-state index in [4.69, 9.17) is 0 Å². The maximum Gasteiger partial charge on any atom is 0.0580 e. The summed E-state index contributed by atoms with van der Waals surface area (Å²) in [7, 11) is 0. The molecule has 1 saturated carbocycles. The minimum Gasteiger partial charge on any atom is -0.393 e. The van der Waals surface area contributed by atoms with Crippen molar-refractivity contribution < 1.29 is 5.11 Å². The lowest BCUT2D eigenvalue weighted by molar-refractivity contribution is 0.0485. The van der Waals surface area contributed by atoms with Gasteiger partial charge in [0.15, 0.2) is 0 Å². The Kier molecular flexibility index (Phi) is 4.48. The van der Waals surface area contributed by atoms with Crippen LogP contribution in [0.3, 0.4) is 0 Å². The van der Waals surface area contributed by atoms with Gasteiger partial charge in [-0.25, -0.2) is 0 Å². The number of aliphatic hydroxyl groups excluding tert-OH is 1. The van der Waals surface area contributed by atoms with E-state index in [9.17, 15) is 5.11 Å². The van der Waals surface area contributed by atoms with Crippen molar-refractivity contribution in [2.24, 2.45) is 11.3 Å². The molecule has 1 N–H and O–H groups in total. The maximum atomic E-state index is 10.0. The van der Waals surface area contributed by atoms with Crippen LogP contribution in [-0.4, -0.2) is 35.7 Å². The summed E-state index contributed by atoms with van der Waals surface area (Å²) in [5, 5.41) is 10.0. The van der Waals surface area contributed by atoms with E-state index in [0.717, 1.165) is 13.0 Å². The highest BCUT2D eigenvalue weighted by Crippen LogP contribution is 2.38. The van der Waals surface area contributed by atoms with Crippen LogP contribution in [-0.2, 0) is 0 Å². The van der Waals surface area contributed by atoms with Gasteiger partial charge >= 0.3 is 0 Å². The minimum atomic E-state index is -0.0259. The number of hydrogen-bond acceptors (Lipinski definition) is 2. The molecule has 2 unspecified atom stereocenters. The topological polar surface area (TPSA) is 23.5 Å². The number of rotatable bonds is 4. The van der Waals surface area contributed by atoms with Gasteiger partial charge in [0, 0.05) is 13.1 Å². The molecule has 2 aliphatic rings. The smallest absolute Gasteiger partial charge is 0.0580 e. The van der Waals surface area contributed by atoms with E-state index in [1.54, 1.807) is 0 Å². The molecule has 0 radical (unpaired) electrons. The Morgan fingerprint density at radius 1 is 1.18 bits per heavy atom. The SMILES string of the molecule is CCC1(CC)CCN(CC2CCCCC2O)C1. The summed E-state index contributed by atoms with van der Waals surface area (Å²) < 4.78 is 0. The Hall–Kier alpha value is -0.0800. The van der Waals surface area contributed by atoms with Gasteiger partial charge in [-0.2, -0.15) is 0 Å². The monoisotopic (exact) mass is 239 g/mol. The minimum absolute atomic E-state index is 0.0259. The molecule has 0 amide bonds. The van der Waals surface area contributed by atoms with Gasteiger partial charge in [0.05, 0.1) is 6.10 Å². The highest BCUT2D eigenvalue weighted by Gasteiger charge is 2.36. The van der Waals surface area contributed by atoms with Gasteiger partial charge in [0.2, 0.25) is 0 Å². The Balaban J connectivity index is 1.84. The molecule has 17 heavy (non-hydrogen) atoms. The molecule has 1 aliphatic carbocycles. The van der Waals surface area contributed by atoms with Gasteiger partial charge in [-0.3, -0.25) is 0 Å². The fourth-order valence-electron chi connectivity index (χ4n) is 3.74. The second-order valence-electron chi connectivity index (χ2n) is 6.30. The summed E-state index contributed by atoms with van der Waals surface area (Å²) >= 11 is 0. The molecule has 1 heterocycles. The zero-order valence-electron chi connectivity index (χ0n) is 11.6. The van der Waals surface area contributed by atoms with Gasteiger partial charge in [-0.15, -0.1) is 0 Å². The average molecular weight is 239 g/mol. The van der Waals surface area contributed by atoms with Crippen LogP contribution < -0.4 is 0 Å². The molecule has 2 atom stereocenters. The first kappa shape index (κ1) is 13.4. The molecule has 1 saturated heterocycles. The van der Waals surface area contributed by atoms with Crippen molar-refractivity contribution in [1.82, 2.24) is 4.90 Å². The standard InChI is InChI=1S/C15H29NO/c1-3-15(4-2)9-10-16(12-15)11-13-7-5-6-8-14(13)17/h13-14,17H,3-12H2,1-2H3. The second-order valence-corrected chi connectivity index (χ2v) is 6.30. The van der Waals surface area contributed by atoms with E-state index in [2.05, 4.69) is 18.7 Å². The fourth-order valence-corrected chi connectivity index (χ4v) is 3.74. The highest BCUT2D eigenvalue weighted by molar-refractivity contribution is 4.89. The first-order valence-corrected chi connectivity index (χ1v) is 7.59. The molecular formula is C15H29NO. The first-order chi connectivity index (χ1) is 8.19.